The number of rotatable bonds is 3. The number of anilines is 1. The Labute approximate surface area is 139 Å². The normalized spacial score (nSPS) is 16.2. The van der Waals surface area contributed by atoms with Crippen molar-refractivity contribution >= 4 is 25.7 Å². The Morgan fingerprint density at radius 3 is 2.58 bits per heavy atom. The zero-order valence-electron chi connectivity index (χ0n) is 13.0. The molecule has 1 aliphatic rings. The maximum absolute atomic E-state index is 14.1. The third-order valence-electron chi connectivity index (χ3n) is 3.85. The van der Waals surface area contributed by atoms with Crippen LogP contribution in [0.2, 0.25) is 0 Å². The van der Waals surface area contributed by atoms with E-state index in [9.17, 15) is 21.2 Å². The number of fused-ring (bicyclic) bond motifs is 1. The van der Waals surface area contributed by atoms with Crippen molar-refractivity contribution in [3.63, 3.8) is 0 Å². The van der Waals surface area contributed by atoms with Gasteiger partial charge in [0.1, 0.15) is 16.6 Å². The first-order valence-corrected chi connectivity index (χ1v) is 10.4. The van der Waals surface area contributed by atoms with E-state index in [1.807, 2.05) is 0 Å². The molecular formula is C15H15FN2O4S2. The SMILES string of the molecule is CCS(=O)(=O)N1CS(=O)(=O)c2cc(C)c(-c3ccccc3F)nc21. The molecule has 0 fully saturated rings. The lowest BCUT2D eigenvalue weighted by Crippen LogP contribution is -2.32. The molecule has 2 heterocycles. The summed E-state index contributed by atoms with van der Waals surface area (Å²) in [5.74, 6) is -1.61. The average molecular weight is 370 g/mol. The molecule has 24 heavy (non-hydrogen) atoms. The third-order valence-corrected chi connectivity index (χ3v) is 7.28. The van der Waals surface area contributed by atoms with Gasteiger partial charge in [-0.3, -0.25) is 0 Å². The van der Waals surface area contributed by atoms with Crippen molar-refractivity contribution in [2.24, 2.45) is 0 Å². The summed E-state index contributed by atoms with van der Waals surface area (Å²) in [6.07, 6.45) is 0. The zero-order valence-corrected chi connectivity index (χ0v) is 14.7. The summed E-state index contributed by atoms with van der Waals surface area (Å²) in [6.45, 7) is 3.04. The second-order valence-corrected chi connectivity index (χ2v) is 9.56. The number of aromatic nitrogens is 1. The largest absolute Gasteiger partial charge is 0.237 e. The van der Waals surface area contributed by atoms with Crippen LogP contribution in [0.25, 0.3) is 11.3 Å². The highest BCUT2D eigenvalue weighted by Crippen LogP contribution is 2.38. The lowest BCUT2D eigenvalue weighted by molar-refractivity contribution is 0.589. The molecule has 0 saturated carbocycles. The van der Waals surface area contributed by atoms with Gasteiger partial charge in [-0.05, 0) is 37.6 Å². The van der Waals surface area contributed by atoms with E-state index in [0.29, 0.717) is 5.56 Å². The van der Waals surface area contributed by atoms with E-state index in [4.69, 9.17) is 0 Å². The number of sulfone groups is 1. The molecule has 0 unspecified atom stereocenters. The molecule has 3 rings (SSSR count). The van der Waals surface area contributed by atoms with Crippen LogP contribution in [-0.2, 0) is 19.9 Å². The van der Waals surface area contributed by atoms with Crippen LogP contribution in [0.4, 0.5) is 10.2 Å². The Hall–Kier alpha value is -2.00. The van der Waals surface area contributed by atoms with Gasteiger partial charge in [-0.25, -0.2) is 30.5 Å². The molecule has 0 saturated heterocycles. The van der Waals surface area contributed by atoms with Gasteiger partial charge in [-0.1, -0.05) is 12.1 Å². The highest BCUT2D eigenvalue weighted by molar-refractivity contribution is 7.97. The van der Waals surface area contributed by atoms with Crippen LogP contribution in [0.1, 0.15) is 12.5 Å². The van der Waals surface area contributed by atoms with Gasteiger partial charge in [0.25, 0.3) is 0 Å². The van der Waals surface area contributed by atoms with Crippen LogP contribution < -0.4 is 4.31 Å². The highest BCUT2D eigenvalue weighted by atomic mass is 32.2. The molecule has 0 N–H and O–H groups in total. The van der Waals surface area contributed by atoms with E-state index in [-0.39, 0.29) is 27.7 Å². The summed E-state index contributed by atoms with van der Waals surface area (Å²) >= 11 is 0. The first-order chi connectivity index (χ1) is 11.2. The minimum Gasteiger partial charge on any atom is -0.237 e. The zero-order chi connectivity index (χ0) is 17.7. The van der Waals surface area contributed by atoms with Gasteiger partial charge < -0.3 is 0 Å². The predicted molar refractivity (Wildman–Crippen MR) is 88.4 cm³/mol. The maximum atomic E-state index is 14.1. The van der Waals surface area contributed by atoms with Gasteiger partial charge in [0.15, 0.2) is 5.82 Å². The molecule has 0 spiro atoms. The fourth-order valence-electron chi connectivity index (χ4n) is 2.57. The molecule has 0 bridgehead atoms. The molecule has 1 aromatic carbocycles. The Morgan fingerprint density at radius 1 is 1.29 bits per heavy atom. The van der Waals surface area contributed by atoms with Crippen molar-refractivity contribution in [1.29, 1.82) is 0 Å². The number of nitrogens with zero attached hydrogens (tertiary/aromatic N) is 2. The topological polar surface area (TPSA) is 84.4 Å². The van der Waals surface area contributed by atoms with Gasteiger partial charge in [-0.2, -0.15) is 0 Å². The molecule has 9 heteroatoms. The van der Waals surface area contributed by atoms with Crippen molar-refractivity contribution in [3.05, 3.63) is 41.7 Å². The van der Waals surface area contributed by atoms with Crippen molar-refractivity contribution < 1.29 is 21.2 Å². The first kappa shape index (κ1) is 16.8. The molecule has 0 amide bonds. The Balaban J connectivity index is 2.30. The third kappa shape index (κ3) is 2.57. The molecule has 0 atom stereocenters. The fourth-order valence-corrected chi connectivity index (χ4v) is 5.76. The average Bonchev–Trinajstić information content (AvgIpc) is 2.79. The Morgan fingerprint density at radius 2 is 1.96 bits per heavy atom. The van der Waals surface area contributed by atoms with Crippen LogP contribution in [0.5, 0.6) is 0 Å². The minimum absolute atomic E-state index is 0.142. The molecular weight excluding hydrogens is 355 g/mol. The molecule has 1 aromatic heterocycles. The number of pyridine rings is 1. The molecule has 128 valence electrons. The second-order valence-electron chi connectivity index (χ2n) is 5.45. The quantitative estimate of drug-likeness (QED) is 0.826. The van der Waals surface area contributed by atoms with E-state index in [0.717, 1.165) is 4.31 Å². The van der Waals surface area contributed by atoms with Crippen LogP contribution in [0.3, 0.4) is 0 Å². The summed E-state index contributed by atoms with van der Waals surface area (Å²) < 4.78 is 63.8. The van der Waals surface area contributed by atoms with E-state index in [2.05, 4.69) is 4.98 Å². The minimum atomic E-state index is -3.81. The molecule has 1 aliphatic heterocycles. The van der Waals surface area contributed by atoms with E-state index >= 15 is 0 Å². The van der Waals surface area contributed by atoms with Gasteiger partial charge in [-0.15, -0.1) is 0 Å². The summed E-state index contributed by atoms with van der Waals surface area (Å²) in [4.78, 5) is 4.06. The van der Waals surface area contributed by atoms with Gasteiger partial charge in [0.2, 0.25) is 19.9 Å². The first-order valence-electron chi connectivity index (χ1n) is 7.17. The lowest BCUT2D eigenvalue weighted by atomic mass is 10.1. The number of hydrogen-bond acceptors (Lipinski definition) is 5. The summed E-state index contributed by atoms with van der Waals surface area (Å²) in [7, 11) is -7.60. The van der Waals surface area contributed by atoms with E-state index in [1.165, 1.54) is 31.2 Å². The monoisotopic (exact) mass is 370 g/mol. The molecule has 0 aliphatic carbocycles. The molecule has 2 aromatic rings. The highest BCUT2D eigenvalue weighted by Gasteiger charge is 2.40. The van der Waals surface area contributed by atoms with Crippen molar-refractivity contribution in [3.8, 4) is 11.3 Å². The van der Waals surface area contributed by atoms with Gasteiger partial charge in [0.05, 0.1) is 11.4 Å². The summed E-state index contributed by atoms with van der Waals surface area (Å²) in [6, 6.07) is 7.29. The van der Waals surface area contributed by atoms with Gasteiger partial charge >= 0.3 is 0 Å². The molecule has 6 nitrogen and oxygen atoms in total. The lowest BCUT2D eigenvalue weighted by Gasteiger charge is -2.17. The standard InChI is InChI=1S/C15H15FN2O4S2/c1-3-24(21,22)18-9-23(19,20)13-8-10(2)14(17-15(13)18)11-6-4-5-7-12(11)16/h4-8H,3,9H2,1-2H3. The van der Waals surface area contributed by atoms with Crippen LogP contribution >= 0.6 is 0 Å². The predicted octanol–water partition coefficient (Wildman–Crippen LogP) is 2.10. The summed E-state index contributed by atoms with van der Waals surface area (Å²) in [5.41, 5.74) is 0.870. The van der Waals surface area contributed by atoms with Crippen LogP contribution in [-0.4, -0.2) is 33.4 Å². The van der Waals surface area contributed by atoms with Crippen LogP contribution in [0, 0.1) is 12.7 Å². The smallest absolute Gasteiger partial charge is 0.237 e. The second kappa shape index (κ2) is 5.52. The van der Waals surface area contributed by atoms with Crippen molar-refractivity contribution in [2.75, 3.05) is 15.9 Å². The Kier molecular flexibility index (Phi) is 3.88. The number of sulfonamides is 1. The number of aryl methyl sites for hydroxylation is 1. The van der Waals surface area contributed by atoms with Crippen molar-refractivity contribution in [2.45, 2.75) is 18.7 Å². The van der Waals surface area contributed by atoms with Crippen LogP contribution in [0.15, 0.2) is 35.2 Å². The van der Waals surface area contributed by atoms with Gasteiger partial charge in [0, 0.05) is 5.56 Å². The van der Waals surface area contributed by atoms with Crippen molar-refractivity contribution in [1.82, 2.24) is 4.98 Å². The number of halogens is 1. The maximum Gasteiger partial charge on any atom is 0.237 e. The molecule has 0 radical (unpaired) electrons. The summed E-state index contributed by atoms with van der Waals surface area (Å²) in [5, 5.41) is 0. The Bertz CT molecular complexity index is 1030. The number of benzene rings is 1. The van der Waals surface area contributed by atoms with E-state index < -0.39 is 31.6 Å². The van der Waals surface area contributed by atoms with E-state index in [1.54, 1.807) is 13.0 Å². The fraction of sp³-hybridized carbons (Fsp3) is 0.267. The number of hydrogen-bond donors (Lipinski definition) is 0.